The second-order valence-corrected chi connectivity index (χ2v) is 3.24. The molecule has 0 radical (unpaired) electrons. The highest BCUT2D eigenvalue weighted by Gasteiger charge is 2.04. The third-order valence-corrected chi connectivity index (χ3v) is 2.25. The first kappa shape index (κ1) is 9.12. The van der Waals surface area contributed by atoms with Crippen LogP contribution >= 0.6 is 0 Å². The molecule has 1 aromatic carbocycles. The Morgan fingerprint density at radius 2 is 2.21 bits per heavy atom. The highest BCUT2D eigenvalue weighted by molar-refractivity contribution is 5.79. The molecule has 2 aromatic rings. The van der Waals surface area contributed by atoms with Crippen molar-refractivity contribution in [1.29, 1.82) is 0 Å². The average Bonchev–Trinajstić information content (AvgIpc) is 2.27. The van der Waals surface area contributed by atoms with E-state index in [9.17, 15) is 0 Å². The summed E-state index contributed by atoms with van der Waals surface area (Å²) in [5.41, 5.74) is 7.60. The minimum Gasteiger partial charge on any atom is -0.394 e. The molecule has 0 amide bonds. The van der Waals surface area contributed by atoms with Gasteiger partial charge in [-0.25, -0.2) is 0 Å². The molecule has 0 aliphatic heterocycles. The number of nitrogens with zero attached hydrogens (tertiary/aromatic N) is 1. The quantitative estimate of drug-likeness (QED) is 0.745. The number of benzene rings is 1. The van der Waals surface area contributed by atoms with E-state index in [1.54, 1.807) is 6.20 Å². The minimum absolute atomic E-state index is 0.0359. The number of aliphatic hydroxyl groups excluding tert-OH is 1. The van der Waals surface area contributed by atoms with Crippen molar-refractivity contribution in [2.75, 3.05) is 6.61 Å². The normalized spacial score (nSPS) is 13.0. The number of aromatic nitrogens is 1. The van der Waals surface area contributed by atoms with Crippen molar-refractivity contribution < 1.29 is 5.11 Å². The van der Waals surface area contributed by atoms with Gasteiger partial charge < -0.3 is 10.8 Å². The molecule has 0 unspecified atom stereocenters. The van der Waals surface area contributed by atoms with Crippen LogP contribution in [0, 0.1) is 0 Å². The molecular formula is C11H12N2O. The summed E-state index contributed by atoms with van der Waals surface area (Å²) < 4.78 is 0. The largest absolute Gasteiger partial charge is 0.394 e. The van der Waals surface area contributed by atoms with Crippen molar-refractivity contribution in [2.24, 2.45) is 5.73 Å². The van der Waals surface area contributed by atoms with Gasteiger partial charge >= 0.3 is 0 Å². The fourth-order valence-corrected chi connectivity index (χ4v) is 1.43. The zero-order valence-electron chi connectivity index (χ0n) is 7.72. The van der Waals surface area contributed by atoms with Gasteiger partial charge in [-0.1, -0.05) is 12.1 Å². The zero-order valence-corrected chi connectivity index (χ0v) is 7.72. The van der Waals surface area contributed by atoms with Gasteiger partial charge in [0.05, 0.1) is 18.2 Å². The summed E-state index contributed by atoms with van der Waals surface area (Å²) in [6.45, 7) is -0.0359. The van der Waals surface area contributed by atoms with E-state index in [0.29, 0.717) is 0 Å². The number of rotatable bonds is 2. The van der Waals surface area contributed by atoms with E-state index in [0.717, 1.165) is 16.5 Å². The molecular weight excluding hydrogens is 176 g/mol. The molecule has 14 heavy (non-hydrogen) atoms. The third-order valence-electron chi connectivity index (χ3n) is 2.25. The van der Waals surface area contributed by atoms with Gasteiger partial charge in [0, 0.05) is 11.6 Å². The Morgan fingerprint density at radius 1 is 1.36 bits per heavy atom. The lowest BCUT2D eigenvalue weighted by Gasteiger charge is -2.08. The maximum atomic E-state index is 8.92. The minimum atomic E-state index is -0.306. The van der Waals surface area contributed by atoms with Crippen molar-refractivity contribution in [3.05, 3.63) is 42.1 Å². The molecule has 0 bridgehead atoms. The van der Waals surface area contributed by atoms with E-state index >= 15 is 0 Å². The van der Waals surface area contributed by atoms with E-state index in [4.69, 9.17) is 10.8 Å². The SMILES string of the molecule is N[C@@H](CO)c1ccc2ncccc2c1. The van der Waals surface area contributed by atoms with Gasteiger partial charge in [0.1, 0.15) is 0 Å². The Balaban J connectivity index is 2.51. The predicted octanol–water partition coefficient (Wildman–Crippen LogP) is 1.23. The molecule has 0 aliphatic carbocycles. The summed E-state index contributed by atoms with van der Waals surface area (Å²) in [7, 11) is 0. The average molecular weight is 188 g/mol. The number of nitrogens with two attached hydrogens (primary N) is 1. The fraction of sp³-hybridized carbons (Fsp3) is 0.182. The van der Waals surface area contributed by atoms with Crippen LogP contribution in [-0.4, -0.2) is 16.7 Å². The Morgan fingerprint density at radius 3 is 3.00 bits per heavy atom. The van der Waals surface area contributed by atoms with Crippen molar-refractivity contribution in [2.45, 2.75) is 6.04 Å². The van der Waals surface area contributed by atoms with E-state index in [1.807, 2.05) is 30.3 Å². The van der Waals surface area contributed by atoms with Gasteiger partial charge in [-0.05, 0) is 23.8 Å². The Hall–Kier alpha value is -1.45. The highest BCUT2D eigenvalue weighted by atomic mass is 16.3. The summed E-state index contributed by atoms with van der Waals surface area (Å²) in [5.74, 6) is 0. The van der Waals surface area contributed by atoms with E-state index in [2.05, 4.69) is 4.98 Å². The molecule has 0 aliphatic rings. The first-order chi connectivity index (χ1) is 6.81. The zero-order chi connectivity index (χ0) is 9.97. The molecule has 3 N–H and O–H groups in total. The van der Waals surface area contributed by atoms with Crippen LogP contribution in [0.15, 0.2) is 36.5 Å². The number of hydrogen-bond acceptors (Lipinski definition) is 3. The van der Waals surface area contributed by atoms with Crippen molar-refractivity contribution in [3.63, 3.8) is 0 Å². The molecule has 1 atom stereocenters. The predicted molar refractivity (Wildman–Crippen MR) is 55.8 cm³/mol. The molecule has 0 saturated heterocycles. The van der Waals surface area contributed by atoms with Crippen LogP contribution in [0.25, 0.3) is 10.9 Å². The molecule has 1 aromatic heterocycles. The van der Waals surface area contributed by atoms with E-state index in [-0.39, 0.29) is 12.6 Å². The Labute approximate surface area is 82.2 Å². The number of fused-ring (bicyclic) bond motifs is 1. The molecule has 0 spiro atoms. The standard InChI is InChI=1S/C11H12N2O/c12-10(7-14)8-3-4-11-9(6-8)2-1-5-13-11/h1-6,10,14H,7,12H2/t10-/m0/s1. The summed E-state index contributed by atoms with van der Waals surface area (Å²) in [6.07, 6.45) is 1.76. The van der Waals surface area contributed by atoms with Crippen molar-refractivity contribution >= 4 is 10.9 Å². The van der Waals surface area contributed by atoms with Crippen molar-refractivity contribution in [1.82, 2.24) is 4.98 Å². The molecule has 3 heteroatoms. The van der Waals surface area contributed by atoms with Crippen LogP contribution in [0.1, 0.15) is 11.6 Å². The van der Waals surface area contributed by atoms with Crippen LogP contribution in [0.4, 0.5) is 0 Å². The monoisotopic (exact) mass is 188 g/mol. The molecule has 2 rings (SSSR count). The first-order valence-electron chi connectivity index (χ1n) is 4.52. The van der Waals surface area contributed by atoms with E-state index in [1.165, 1.54) is 0 Å². The maximum Gasteiger partial charge on any atom is 0.0702 e. The Bertz CT molecular complexity index is 442. The summed E-state index contributed by atoms with van der Waals surface area (Å²) in [5, 5.41) is 9.97. The molecule has 72 valence electrons. The second kappa shape index (κ2) is 3.74. The lowest BCUT2D eigenvalue weighted by Crippen LogP contribution is -2.14. The second-order valence-electron chi connectivity index (χ2n) is 3.24. The topological polar surface area (TPSA) is 59.1 Å². The van der Waals surface area contributed by atoms with E-state index < -0.39 is 0 Å². The van der Waals surface area contributed by atoms with Crippen LogP contribution in [0.2, 0.25) is 0 Å². The number of hydrogen-bond donors (Lipinski definition) is 2. The lowest BCUT2D eigenvalue weighted by molar-refractivity contribution is 0.268. The first-order valence-corrected chi connectivity index (χ1v) is 4.52. The lowest BCUT2D eigenvalue weighted by atomic mass is 10.1. The van der Waals surface area contributed by atoms with Gasteiger partial charge in [-0.2, -0.15) is 0 Å². The summed E-state index contributed by atoms with van der Waals surface area (Å²) in [6, 6.07) is 9.34. The van der Waals surface area contributed by atoms with Crippen LogP contribution < -0.4 is 5.73 Å². The maximum absolute atomic E-state index is 8.92. The van der Waals surface area contributed by atoms with Gasteiger partial charge in [0.25, 0.3) is 0 Å². The number of aliphatic hydroxyl groups is 1. The van der Waals surface area contributed by atoms with Crippen LogP contribution in [0.5, 0.6) is 0 Å². The van der Waals surface area contributed by atoms with Crippen LogP contribution in [-0.2, 0) is 0 Å². The smallest absolute Gasteiger partial charge is 0.0702 e. The van der Waals surface area contributed by atoms with Gasteiger partial charge in [0.2, 0.25) is 0 Å². The summed E-state index contributed by atoms with van der Waals surface area (Å²) in [4.78, 5) is 4.20. The van der Waals surface area contributed by atoms with Crippen molar-refractivity contribution in [3.8, 4) is 0 Å². The molecule has 1 heterocycles. The van der Waals surface area contributed by atoms with Gasteiger partial charge in [0.15, 0.2) is 0 Å². The molecule has 3 nitrogen and oxygen atoms in total. The van der Waals surface area contributed by atoms with Crippen LogP contribution in [0.3, 0.4) is 0 Å². The molecule has 0 saturated carbocycles. The highest BCUT2D eigenvalue weighted by Crippen LogP contribution is 2.17. The Kier molecular flexibility index (Phi) is 2.43. The summed E-state index contributed by atoms with van der Waals surface area (Å²) >= 11 is 0. The fourth-order valence-electron chi connectivity index (χ4n) is 1.43. The number of pyridine rings is 1. The third kappa shape index (κ3) is 1.60. The molecule has 0 fully saturated rings. The van der Waals surface area contributed by atoms with Gasteiger partial charge in [-0.3, -0.25) is 4.98 Å². The van der Waals surface area contributed by atoms with Gasteiger partial charge in [-0.15, -0.1) is 0 Å².